The molecule has 0 fully saturated rings. The Hall–Kier alpha value is -1.12. The first kappa shape index (κ1) is 15.3. The van der Waals surface area contributed by atoms with Crippen molar-refractivity contribution >= 4 is 11.3 Å². The fourth-order valence-electron chi connectivity index (χ4n) is 2.60. The molecule has 0 aliphatic carbocycles. The van der Waals surface area contributed by atoms with Gasteiger partial charge >= 0.3 is 0 Å². The van der Waals surface area contributed by atoms with Crippen LogP contribution in [0.25, 0.3) is 0 Å². The largest absolute Gasteiger partial charge is 0.313 e. The van der Waals surface area contributed by atoms with Crippen molar-refractivity contribution in [3.05, 3.63) is 58.3 Å². The van der Waals surface area contributed by atoms with Crippen molar-refractivity contribution in [1.82, 2.24) is 5.32 Å². The molecule has 1 aromatic carbocycles. The van der Waals surface area contributed by atoms with Gasteiger partial charge in [0, 0.05) is 6.04 Å². The maximum atomic E-state index is 3.73. The normalized spacial score (nSPS) is 14.1. The van der Waals surface area contributed by atoms with Crippen molar-refractivity contribution in [2.24, 2.45) is 0 Å². The van der Waals surface area contributed by atoms with E-state index in [2.05, 4.69) is 66.3 Å². The van der Waals surface area contributed by atoms with E-state index >= 15 is 0 Å². The van der Waals surface area contributed by atoms with E-state index in [0.717, 1.165) is 6.54 Å². The van der Waals surface area contributed by atoms with Crippen LogP contribution in [0.5, 0.6) is 0 Å². The molecule has 0 aliphatic rings. The Morgan fingerprint density at radius 3 is 2.60 bits per heavy atom. The van der Waals surface area contributed by atoms with Crippen molar-refractivity contribution < 1.29 is 0 Å². The van der Waals surface area contributed by atoms with Crippen LogP contribution in [0.3, 0.4) is 0 Å². The third-order valence-corrected chi connectivity index (χ3v) is 4.64. The Bertz CT molecular complexity index is 463. The van der Waals surface area contributed by atoms with E-state index in [9.17, 15) is 0 Å². The van der Waals surface area contributed by atoms with Crippen LogP contribution in [0, 0.1) is 0 Å². The van der Waals surface area contributed by atoms with Gasteiger partial charge in [-0.05, 0) is 59.7 Å². The molecule has 2 unspecified atom stereocenters. The second-order valence-electron chi connectivity index (χ2n) is 5.43. The minimum atomic E-state index is 0.553. The minimum Gasteiger partial charge on any atom is -0.313 e. The van der Waals surface area contributed by atoms with Crippen molar-refractivity contribution in [2.45, 2.75) is 45.1 Å². The van der Waals surface area contributed by atoms with Crippen molar-refractivity contribution in [1.29, 1.82) is 0 Å². The summed E-state index contributed by atoms with van der Waals surface area (Å²) in [5, 5.41) is 8.17. The Labute approximate surface area is 127 Å². The van der Waals surface area contributed by atoms with Gasteiger partial charge in [0.15, 0.2) is 0 Å². The number of aryl methyl sites for hydroxylation is 1. The lowest BCUT2D eigenvalue weighted by Gasteiger charge is -2.25. The highest BCUT2D eigenvalue weighted by atomic mass is 32.1. The van der Waals surface area contributed by atoms with Crippen LogP contribution < -0.4 is 5.32 Å². The Kier molecular flexibility index (Phi) is 6.28. The van der Waals surface area contributed by atoms with E-state index in [1.807, 2.05) is 0 Å². The van der Waals surface area contributed by atoms with E-state index in [1.165, 1.54) is 30.4 Å². The number of thiophene rings is 1. The monoisotopic (exact) mass is 287 g/mol. The molecule has 1 N–H and O–H groups in total. The zero-order valence-electron chi connectivity index (χ0n) is 12.5. The van der Waals surface area contributed by atoms with Gasteiger partial charge in [0.1, 0.15) is 0 Å². The molecule has 0 aliphatic heterocycles. The fourth-order valence-corrected chi connectivity index (χ4v) is 3.31. The SMILES string of the molecule is CCCNC(CCc1ccsc1)C(C)c1ccccc1. The molecule has 0 saturated carbocycles. The predicted octanol–water partition coefficient (Wildman–Crippen LogP) is 4.85. The summed E-state index contributed by atoms with van der Waals surface area (Å²) in [5.41, 5.74) is 2.91. The van der Waals surface area contributed by atoms with E-state index in [-0.39, 0.29) is 0 Å². The lowest BCUT2D eigenvalue weighted by molar-refractivity contribution is 0.424. The molecule has 108 valence electrons. The van der Waals surface area contributed by atoms with Gasteiger partial charge in [-0.2, -0.15) is 11.3 Å². The predicted molar refractivity (Wildman–Crippen MR) is 89.6 cm³/mol. The van der Waals surface area contributed by atoms with Gasteiger partial charge < -0.3 is 5.32 Å². The maximum Gasteiger partial charge on any atom is 0.0136 e. The van der Waals surface area contributed by atoms with Crippen molar-refractivity contribution in [3.8, 4) is 0 Å². The Morgan fingerprint density at radius 2 is 1.95 bits per heavy atom. The molecule has 0 radical (unpaired) electrons. The Balaban J connectivity index is 1.98. The molecule has 1 nitrogen and oxygen atoms in total. The molecule has 1 aromatic heterocycles. The fraction of sp³-hybridized carbons (Fsp3) is 0.444. The van der Waals surface area contributed by atoms with Gasteiger partial charge in [0.2, 0.25) is 0 Å². The average Bonchev–Trinajstić information content (AvgIpc) is 3.01. The molecule has 20 heavy (non-hydrogen) atoms. The topological polar surface area (TPSA) is 12.0 Å². The standard InChI is InChI=1S/C18H25NS/c1-3-12-19-18(10-9-16-11-13-20-14-16)15(2)17-7-5-4-6-8-17/h4-8,11,13-15,18-19H,3,9-10,12H2,1-2H3. The second-order valence-corrected chi connectivity index (χ2v) is 6.21. The van der Waals surface area contributed by atoms with Gasteiger partial charge in [0.25, 0.3) is 0 Å². The summed E-state index contributed by atoms with van der Waals surface area (Å²) < 4.78 is 0. The van der Waals surface area contributed by atoms with Crippen LogP contribution in [0.4, 0.5) is 0 Å². The highest BCUT2D eigenvalue weighted by Gasteiger charge is 2.18. The molecule has 0 spiro atoms. The molecular weight excluding hydrogens is 262 g/mol. The highest BCUT2D eigenvalue weighted by molar-refractivity contribution is 7.07. The van der Waals surface area contributed by atoms with Crippen molar-refractivity contribution in [3.63, 3.8) is 0 Å². The van der Waals surface area contributed by atoms with Crippen LogP contribution in [-0.2, 0) is 6.42 Å². The number of benzene rings is 1. The van der Waals surface area contributed by atoms with Gasteiger partial charge in [0.05, 0.1) is 0 Å². The summed E-state index contributed by atoms with van der Waals surface area (Å²) in [6.07, 6.45) is 3.56. The van der Waals surface area contributed by atoms with Crippen molar-refractivity contribution in [2.75, 3.05) is 6.54 Å². The highest BCUT2D eigenvalue weighted by Crippen LogP contribution is 2.22. The summed E-state index contributed by atoms with van der Waals surface area (Å²) in [4.78, 5) is 0. The summed E-state index contributed by atoms with van der Waals surface area (Å²) in [6.45, 7) is 5.68. The molecular formula is C18H25NS. The van der Waals surface area contributed by atoms with E-state index < -0.39 is 0 Å². The lowest BCUT2D eigenvalue weighted by atomic mass is 9.89. The number of hydrogen-bond donors (Lipinski definition) is 1. The van der Waals surface area contributed by atoms with Crippen LogP contribution >= 0.6 is 11.3 Å². The van der Waals surface area contributed by atoms with Gasteiger partial charge in [-0.1, -0.05) is 44.2 Å². The minimum absolute atomic E-state index is 0.553. The molecule has 2 atom stereocenters. The summed E-state index contributed by atoms with van der Waals surface area (Å²) >= 11 is 1.79. The molecule has 2 heteroatoms. The van der Waals surface area contributed by atoms with Gasteiger partial charge in [-0.3, -0.25) is 0 Å². The van der Waals surface area contributed by atoms with E-state index in [4.69, 9.17) is 0 Å². The molecule has 2 rings (SSSR count). The van der Waals surface area contributed by atoms with Crippen LogP contribution in [-0.4, -0.2) is 12.6 Å². The van der Waals surface area contributed by atoms with E-state index in [0.29, 0.717) is 12.0 Å². The molecule has 0 bridgehead atoms. The second kappa shape index (κ2) is 8.23. The maximum absolute atomic E-state index is 3.73. The van der Waals surface area contributed by atoms with Crippen LogP contribution in [0.2, 0.25) is 0 Å². The third kappa shape index (κ3) is 4.46. The zero-order valence-corrected chi connectivity index (χ0v) is 13.3. The number of nitrogens with one attached hydrogen (secondary N) is 1. The third-order valence-electron chi connectivity index (χ3n) is 3.91. The average molecular weight is 287 g/mol. The van der Waals surface area contributed by atoms with Crippen LogP contribution in [0.1, 0.15) is 43.7 Å². The molecule has 0 amide bonds. The first-order valence-electron chi connectivity index (χ1n) is 7.60. The number of hydrogen-bond acceptors (Lipinski definition) is 2. The summed E-state index contributed by atoms with van der Waals surface area (Å²) in [7, 11) is 0. The summed E-state index contributed by atoms with van der Waals surface area (Å²) in [5.74, 6) is 0.557. The zero-order chi connectivity index (χ0) is 14.2. The summed E-state index contributed by atoms with van der Waals surface area (Å²) in [6, 6.07) is 13.7. The smallest absolute Gasteiger partial charge is 0.0136 e. The Morgan fingerprint density at radius 1 is 1.15 bits per heavy atom. The van der Waals surface area contributed by atoms with Gasteiger partial charge in [-0.15, -0.1) is 0 Å². The molecule has 2 aromatic rings. The van der Waals surface area contributed by atoms with Crippen LogP contribution in [0.15, 0.2) is 47.2 Å². The molecule has 1 heterocycles. The lowest BCUT2D eigenvalue weighted by Crippen LogP contribution is -2.34. The van der Waals surface area contributed by atoms with E-state index in [1.54, 1.807) is 11.3 Å². The quantitative estimate of drug-likeness (QED) is 0.731. The van der Waals surface area contributed by atoms with Gasteiger partial charge in [-0.25, -0.2) is 0 Å². The first-order valence-corrected chi connectivity index (χ1v) is 8.55. The first-order chi connectivity index (χ1) is 9.81. The number of rotatable bonds is 8. The molecule has 0 saturated heterocycles.